The molecule has 2 heterocycles. The molecule has 3 N–H and O–H groups in total. The van der Waals surface area contributed by atoms with Crippen LogP contribution in [0.3, 0.4) is 0 Å². The molecule has 1 atom stereocenters. The van der Waals surface area contributed by atoms with E-state index < -0.39 is 17.4 Å². The molecule has 0 fully saturated rings. The molecule has 0 aliphatic carbocycles. The number of aromatic nitrogens is 2. The number of amides is 2. The highest BCUT2D eigenvalue weighted by molar-refractivity contribution is 7.98. The van der Waals surface area contributed by atoms with Crippen molar-refractivity contribution in [1.29, 1.82) is 0 Å². The third-order valence-corrected chi connectivity index (χ3v) is 6.05. The molecule has 164 valence electrons. The Labute approximate surface area is 192 Å². The molecule has 32 heavy (non-hydrogen) atoms. The SMILES string of the molecule is COc1ccc(NC(=O)[C@@H]2CC(=O)Nc3nc(SCc4cccc(Cl)c4)[nH]c(=O)c32)cc1. The second-order valence-electron chi connectivity index (χ2n) is 7.07. The van der Waals surface area contributed by atoms with Gasteiger partial charge in [0.25, 0.3) is 5.56 Å². The summed E-state index contributed by atoms with van der Waals surface area (Å²) in [4.78, 5) is 45.0. The molecule has 0 unspecified atom stereocenters. The van der Waals surface area contributed by atoms with Gasteiger partial charge >= 0.3 is 0 Å². The second kappa shape index (κ2) is 9.46. The van der Waals surface area contributed by atoms with Crippen LogP contribution >= 0.6 is 23.4 Å². The van der Waals surface area contributed by atoms with Crippen LogP contribution < -0.4 is 20.9 Å². The smallest absolute Gasteiger partial charge is 0.257 e. The van der Waals surface area contributed by atoms with Crippen molar-refractivity contribution in [3.8, 4) is 5.75 Å². The molecular formula is C22H19ClN4O4S. The normalized spacial score (nSPS) is 14.9. The molecule has 1 aromatic heterocycles. The Balaban J connectivity index is 1.55. The summed E-state index contributed by atoms with van der Waals surface area (Å²) in [6.07, 6.45) is -0.144. The van der Waals surface area contributed by atoms with Crippen molar-refractivity contribution in [2.75, 3.05) is 17.7 Å². The standard InChI is InChI=1S/C22H19ClN4O4S/c1-31-15-7-5-14(6-8-15)24-20(29)16-10-17(28)25-19-18(16)21(30)27-22(26-19)32-11-12-3-2-4-13(23)9-12/h2-9,16H,10-11H2,1H3,(H,24,29)(H2,25,26,27,28,30)/t16-/m1/s1. The van der Waals surface area contributed by atoms with E-state index in [4.69, 9.17) is 16.3 Å². The quantitative estimate of drug-likeness (QED) is 0.373. The summed E-state index contributed by atoms with van der Waals surface area (Å²) in [5, 5.41) is 6.31. The van der Waals surface area contributed by atoms with Gasteiger partial charge in [0.1, 0.15) is 11.6 Å². The van der Waals surface area contributed by atoms with E-state index in [2.05, 4.69) is 20.6 Å². The van der Waals surface area contributed by atoms with Crippen LogP contribution in [-0.4, -0.2) is 28.9 Å². The minimum atomic E-state index is -0.955. The number of hydrogen-bond donors (Lipinski definition) is 3. The zero-order valence-electron chi connectivity index (χ0n) is 17.0. The Hall–Kier alpha value is -3.30. The van der Waals surface area contributed by atoms with Crippen LogP contribution in [0.5, 0.6) is 5.75 Å². The number of nitrogens with one attached hydrogen (secondary N) is 3. The van der Waals surface area contributed by atoms with E-state index in [0.717, 1.165) is 5.56 Å². The van der Waals surface area contributed by atoms with Gasteiger partial charge in [-0.3, -0.25) is 14.4 Å². The molecule has 2 amide bonds. The first-order valence-corrected chi connectivity index (χ1v) is 11.1. The Bertz CT molecular complexity index is 1230. The number of carbonyl (C=O) groups excluding carboxylic acids is 2. The number of carbonyl (C=O) groups is 2. The lowest BCUT2D eigenvalue weighted by atomic mass is 9.92. The summed E-state index contributed by atoms with van der Waals surface area (Å²) in [7, 11) is 1.55. The maximum Gasteiger partial charge on any atom is 0.257 e. The predicted molar refractivity (Wildman–Crippen MR) is 123 cm³/mol. The number of aromatic amines is 1. The molecule has 1 aliphatic heterocycles. The Kier molecular flexibility index (Phi) is 6.48. The van der Waals surface area contributed by atoms with Gasteiger partial charge in [0.05, 0.1) is 18.6 Å². The average Bonchev–Trinajstić information content (AvgIpc) is 2.77. The first-order valence-electron chi connectivity index (χ1n) is 9.69. The van der Waals surface area contributed by atoms with Gasteiger partial charge in [-0.25, -0.2) is 4.98 Å². The van der Waals surface area contributed by atoms with Crippen molar-refractivity contribution in [3.63, 3.8) is 0 Å². The number of hydrogen-bond acceptors (Lipinski definition) is 6. The molecule has 2 aromatic carbocycles. The van der Waals surface area contributed by atoms with Crippen LogP contribution in [-0.2, 0) is 15.3 Å². The number of halogens is 1. The first-order chi connectivity index (χ1) is 15.4. The Morgan fingerprint density at radius 3 is 2.75 bits per heavy atom. The second-order valence-corrected chi connectivity index (χ2v) is 8.48. The number of methoxy groups -OCH3 is 1. The Morgan fingerprint density at radius 2 is 2.03 bits per heavy atom. The number of rotatable bonds is 6. The summed E-state index contributed by atoms with van der Waals surface area (Å²) in [5.41, 5.74) is 1.17. The van der Waals surface area contributed by atoms with Crippen LogP contribution in [0.25, 0.3) is 0 Å². The van der Waals surface area contributed by atoms with Gasteiger partial charge in [0.2, 0.25) is 11.8 Å². The van der Waals surface area contributed by atoms with Gasteiger partial charge < -0.3 is 20.4 Å². The van der Waals surface area contributed by atoms with Crippen molar-refractivity contribution in [2.45, 2.75) is 23.2 Å². The average molecular weight is 471 g/mol. The fraction of sp³-hybridized carbons (Fsp3) is 0.182. The van der Waals surface area contributed by atoms with Crippen molar-refractivity contribution in [3.05, 3.63) is 75.0 Å². The van der Waals surface area contributed by atoms with Crippen molar-refractivity contribution in [2.24, 2.45) is 0 Å². The number of H-pyrrole nitrogens is 1. The molecule has 0 spiro atoms. The molecule has 0 saturated carbocycles. The Morgan fingerprint density at radius 1 is 1.25 bits per heavy atom. The van der Waals surface area contributed by atoms with E-state index in [1.807, 2.05) is 18.2 Å². The van der Waals surface area contributed by atoms with Crippen LogP contribution in [0.15, 0.2) is 58.5 Å². The lowest BCUT2D eigenvalue weighted by Gasteiger charge is -2.23. The molecular weight excluding hydrogens is 452 g/mol. The van der Waals surface area contributed by atoms with E-state index >= 15 is 0 Å². The van der Waals surface area contributed by atoms with Gasteiger partial charge in [-0.2, -0.15) is 0 Å². The number of fused-ring (bicyclic) bond motifs is 1. The van der Waals surface area contributed by atoms with E-state index in [-0.39, 0.29) is 23.7 Å². The van der Waals surface area contributed by atoms with Crippen molar-refractivity contribution < 1.29 is 14.3 Å². The number of thioether (sulfide) groups is 1. The monoisotopic (exact) mass is 470 g/mol. The fourth-order valence-electron chi connectivity index (χ4n) is 3.33. The molecule has 0 radical (unpaired) electrons. The van der Waals surface area contributed by atoms with Gasteiger partial charge in [0, 0.05) is 22.9 Å². The van der Waals surface area contributed by atoms with E-state index in [0.29, 0.717) is 27.4 Å². The van der Waals surface area contributed by atoms with Crippen molar-refractivity contribution in [1.82, 2.24) is 9.97 Å². The fourth-order valence-corrected chi connectivity index (χ4v) is 4.34. The molecule has 0 bridgehead atoms. The highest BCUT2D eigenvalue weighted by Crippen LogP contribution is 2.31. The first kappa shape index (κ1) is 21.9. The van der Waals surface area contributed by atoms with Gasteiger partial charge in [-0.1, -0.05) is 35.5 Å². The maximum atomic E-state index is 12.9. The van der Waals surface area contributed by atoms with E-state index in [1.165, 1.54) is 11.8 Å². The van der Waals surface area contributed by atoms with Crippen LogP contribution in [0.1, 0.15) is 23.5 Å². The number of benzene rings is 2. The third kappa shape index (κ3) is 4.95. The molecule has 3 aromatic rings. The van der Waals surface area contributed by atoms with E-state index in [9.17, 15) is 14.4 Å². The number of anilines is 2. The third-order valence-electron chi connectivity index (χ3n) is 4.87. The van der Waals surface area contributed by atoms with E-state index in [1.54, 1.807) is 37.4 Å². The lowest BCUT2D eigenvalue weighted by molar-refractivity contribution is -0.123. The molecule has 4 rings (SSSR count). The largest absolute Gasteiger partial charge is 0.497 e. The summed E-state index contributed by atoms with van der Waals surface area (Å²) < 4.78 is 5.10. The molecule has 1 aliphatic rings. The lowest BCUT2D eigenvalue weighted by Crippen LogP contribution is -2.36. The van der Waals surface area contributed by atoms with Crippen LogP contribution in [0.4, 0.5) is 11.5 Å². The number of nitrogens with zero attached hydrogens (tertiary/aromatic N) is 1. The molecule has 10 heteroatoms. The summed E-state index contributed by atoms with van der Waals surface area (Å²) in [6, 6.07) is 14.1. The van der Waals surface area contributed by atoms with Crippen molar-refractivity contribution >= 4 is 46.7 Å². The summed E-state index contributed by atoms with van der Waals surface area (Å²) in [6.45, 7) is 0. The van der Waals surface area contributed by atoms with Gasteiger partial charge in [0.15, 0.2) is 5.16 Å². The zero-order valence-corrected chi connectivity index (χ0v) is 18.5. The predicted octanol–water partition coefficient (Wildman–Crippen LogP) is 3.79. The minimum absolute atomic E-state index is 0.105. The summed E-state index contributed by atoms with van der Waals surface area (Å²) in [5.74, 6) is -0.516. The molecule has 0 saturated heterocycles. The van der Waals surface area contributed by atoms with Crippen LogP contribution in [0.2, 0.25) is 5.02 Å². The maximum absolute atomic E-state index is 12.9. The topological polar surface area (TPSA) is 113 Å². The number of ether oxygens (including phenoxy) is 1. The van der Waals surface area contributed by atoms with Gasteiger partial charge in [-0.15, -0.1) is 0 Å². The zero-order chi connectivity index (χ0) is 22.7. The van der Waals surface area contributed by atoms with Gasteiger partial charge in [-0.05, 0) is 42.0 Å². The summed E-state index contributed by atoms with van der Waals surface area (Å²) >= 11 is 7.30. The molecule has 8 nitrogen and oxygen atoms in total. The van der Waals surface area contributed by atoms with Crippen LogP contribution in [0, 0.1) is 0 Å². The highest BCUT2D eigenvalue weighted by Gasteiger charge is 2.34. The highest BCUT2D eigenvalue weighted by atomic mass is 35.5. The minimum Gasteiger partial charge on any atom is -0.497 e.